The Hall–Kier alpha value is -2.20. The van der Waals surface area contributed by atoms with Gasteiger partial charge in [0.15, 0.2) is 0 Å². The van der Waals surface area contributed by atoms with Gasteiger partial charge >= 0.3 is 0 Å². The summed E-state index contributed by atoms with van der Waals surface area (Å²) in [5.74, 6) is 0.372. The van der Waals surface area contributed by atoms with E-state index in [4.69, 9.17) is 5.26 Å². The highest BCUT2D eigenvalue weighted by Gasteiger charge is 2.13. The Morgan fingerprint density at radius 3 is 2.83 bits per heavy atom. The van der Waals surface area contributed by atoms with Crippen LogP contribution in [-0.4, -0.2) is 41.5 Å². The van der Waals surface area contributed by atoms with Crippen LogP contribution in [0.15, 0.2) is 12.3 Å². The van der Waals surface area contributed by atoms with Gasteiger partial charge in [-0.05, 0) is 21.0 Å². The topological polar surface area (TPSA) is 95.1 Å². The molecule has 1 aromatic rings. The standard InChI is InChI=1S/C11H15N5O2/c1-8(15(2)3)6-13-11-9(5-12)4-10(7-14-11)16(17)18/h4,7-8H,6H2,1-3H3,(H,13,14). The number of nitro groups is 1. The molecule has 0 aliphatic carbocycles. The summed E-state index contributed by atoms with van der Waals surface area (Å²) in [6, 6.07) is 3.38. The molecule has 1 rings (SSSR count). The van der Waals surface area contributed by atoms with Gasteiger partial charge in [0.2, 0.25) is 0 Å². The quantitative estimate of drug-likeness (QED) is 0.622. The average molecular weight is 249 g/mol. The molecular formula is C11H15N5O2. The minimum atomic E-state index is -0.569. The van der Waals surface area contributed by atoms with Crippen molar-refractivity contribution < 1.29 is 4.92 Å². The first kappa shape index (κ1) is 13.9. The molecule has 0 saturated carbocycles. The van der Waals surface area contributed by atoms with E-state index < -0.39 is 4.92 Å². The van der Waals surface area contributed by atoms with Gasteiger partial charge in [-0.15, -0.1) is 0 Å². The van der Waals surface area contributed by atoms with Crippen LogP contribution in [0.25, 0.3) is 0 Å². The molecule has 0 bridgehead atoms. The molecule has 0 aliphatic rings. The number of nitriles is 1. The number of aromatic nitrogens is 1. The third-order valence-corrected chi connectivity index (χ3v) is 2.65. The molecule has 7 nitrogen and oxygen atoms in total. The maximum Gasteiger partial charge on any atom is 0.289 e. The van der Waals surface area contributed by atoms with Gasteiger partial charge in [0.25, 0.3) is 5.69 Å². The molecule has 0 fully saturated rings. The third-order valence-electron chi connectivity index (χ3n) is 2.65. The zero-order valence-electron chi connectivity index (χ0n) is 10.5. The monoisotopic (exact) mass is 249 g/mol. The molecule has 7 heteroatoms. The Bertz CT molecular complexity index is 481. The summed E-state index contributed by atoms with van der Waals surface area (Å²) in [5, 5.41) is 22.5. The summed E-state index contributed by atoms with van der Waals surface area (Å²) in [4.78, 5) is 15.9. The lowest BCUT2D eigenvalue weighted by atomic mass is 10.2. The number of pyridine rings is 1. The lowest BCUT2D eigenvalue weighted by Gasteiger charge is -2.20. The van der Waals surface area contributed by atoms with E-state index in [1.165, 1.54) is 6.07 Å². The second-order valence-electron chi connectivity index (χ2n) is 4.15. The van der Waals surface area contributed by atoms with E-state index in [1.54, 1.807) is 0 Å². The van der Waals surface area contributed by atoms with Crippen LogP contribution >= 0.6 is 0 Å². The molecule has 96 valence electrons. The van der Waals surface area contributed by atoms with Gasteiger partial charge in [0, 0.05) is 18.7 Å². The van der Waals surface area contributed by atoms with Crippen LogP contribution in [0.3, 0.4) is 0 Å². The molecule has 1 aromatic heterocycles. The smallest absolute Gasteiger partial charge is 0.289 e. The zero-order chi connectivity index (χ0) is 13.7. The number of likely N-dealkylation sites (N-methyl/N-ethyl adjacent to an activating group) is 1. The van der Waals surface area contributed by atoms with E-state index >= 15 is 0 Å². The lowest BCUT2D eigenvalue weighted by molar-refractivity contribution is -0.385. The molecular weight excluding hydrogens is 234 g/mol. The highest BCUT2D eigenvalue weighted by molar-refractivity contribution is 5.55. The maximum absolute atomic E-state index is 10.6. The van der Waals surface area contributed by atoms with E-state index in [9.17, 15) is 10.1 Å². The first-order valence-electron chi connectivity index (χ1n) is 5.40. The molecule has 1 atom stereocenters. The first-order valence-corrected chi connectivity index (χ1v) is 5.40. The lowest BCUT2D eigenvalue weighted by Crippen LogP contribution is -2.31. The van der Waals surface area contributed by atoms with E-state index in [-0.39, 0.29) is 17.3 Å². The molecule has 0 amide bonds. The molecule has 18 heavy (non-hydrogen) atoms. The summed E-state index contributed by atoms with van der Waals surface area (Å²) in [7, 11) is 3.89. The largest absolute Gasteiger partial charge is 0.367 e. The van der Waals surface area contributed by atoms with Crippen LogP contribution in [0, 0.1) is 21.4 Å². The van der Waals surface area contributed by atoms with Gasteiger partial charge in [-0.25, -0.2) is 4.98 Å². The highest BCUT2D eigenvalue weighted by Crippen LogP contribution is 2.18. The fourth-order valence-electron chi connectivity index (χ4n) is 1.21. The molecule has 0 aliphatic heterocycles. The summed E-state index contributed by atoms with van der Waals surface area (Å²) < 4.78 is 0. The summed E-state index contributed by atoms with van der Waals surface area (Å²) in [5.41, 5.74) is -0.00656. The van der Waals surface area contributed by atoms with Gasteiger partial charge in [0.05, 0.1) is 4.92 Å². The van der Waals surface area contributed by atoms with E-state index in [0.29, 0.717) is 12.4 Å². The van der Waals surface area contributed by atoms with Crippen molar-refractivity contribution in [3.05, 3.63) is 27.9 Å². The molecule has 1 heterocycles. The fraction of sp³-hybridized carbons (Fsp3) is 0.455. The van der Waals surface area contributed by atoms with Gasteiger partial charge in [0.1, 0.15) is 23.6 Å². The van der Waals surface area contributed by atoms with Crippen LogP contribution in [0.4, 0.5) is 11.5 Å². The Labute approximate surface area is 105 Å². The number of nitrogens with one attached hydrogen (secondary N) is 1. The molecule has 1 unspecified atom stereocenters. The van der Waals surface area contributed by atoms with Crippen molar-refractivity contribution in [3.8, 4) is 6.07 Å². The fourth-order valence-corrected chi connectivity index (χ4v) is 1.21. The summed E-state index contributed by atoms with van der Waals surface area (Å²) >= 11 is 0. The maximum atomic E-state index is 10.6. The second-order valence-corrected chi connectivity index (χ2v) is 4.15. The third kappa shape index (κ3) is 3.40. The average Bonchev–Trinajstić information content (AvgIpc) is 2.35. The number of hydrogen-bond acceptors (Lipinski definition) is 6. The molecule has 0 spiro atoms. The number of nitrogens with zero attached hydrogens (tertiary/aromatic N) is 4. The Balaban J connectivity index is 2.84. The summed E-state index contributed by atoms with van der Waals surface area (Å²) in [6.45, 7) is 2.62. The van der Waals surface area contributed by atoms with Crippen LogP contribution < -0.4 is 5.32 Å². The number of hydrogen-bond donors (Lipinski definition) is 1. The van der Waals surface area contributed by atoms with Crippen molar-refractivity contribution in [3.63, 3.8) is 0 Å². The van der Waals surface area contributed by atoms with Crippen LogP contribution in [-0.2, 0) is 0 Å². The minimum Gasteiger partial charge on any atom is -0.367 e. The van der Waals surface area contributed by atoms with Crippen molar-refractivity contribution in [1.82, 2.24) is 9.88 Å². The highest BCUT2D eigenvalue weighted by atomic mass is 16.6. The van der Waals surface area contributed by atoms with Crippen molar-refractivity contribution in [2.45, 2.75) is 13.0 Å². The van der Waals surface area contributed by atoms with Crippen LogP contribution in [0.5, 0.6) is 0 Å². The second kappa shape index (κ2) is 5.93. The Morgan fingerprint density at radius 1 is 1.67 bits per heavy atom. The molecule has 1 N–H and O–H groups in total. The Morgan fingerprint density at radius 2 is 2.33 bits per heavy atom. The zero-order valence-corrected chi connectivity index (χ0v) is 10.5. The SMILES string of the molecule is CC(CNc1ncc([N+](=O)[O-])cc1C#N)N(C)C. The van der Waals surface area contributed by atoms with Gasteiger partial charge in [-0.1, -0.05) is 0 Å². The van der Waals surface area contributed by atoms with Gasteiger partial charge in [-0.2, -0.15) is 5.26 Å². The van der Waals surface area contributed by atoms with E-state index in [1.807, 2.05) is 32.0 Å². The Kier molecular flexibility index (Phi) is 4.57. The van der Waals surface area contributed by atoms with Crippen molar-refractivity contribution in [2.24, 2.45) is 0 Å². The predicted molar refractivity (Wildman–Crippen MR) is 67.2 cm³/mol. The molecule has 0 saturated heterocycles. The van der Waals surface area contributed by atoms with Gasteiger partial charge in [-0.3, -0.25) is 10.1 Å². The van der Waals surface area contributed by atoms with Crippen molar-refractivity contribution >= 4 is 11.5 Å². The van der Waals surface area contributed by atoms with Crippen LogP contribution in [0.1, 0.15) is 12.5 Å². The molecule has 0 aromatic carbocycles. The van der Waals surface area contributed by atoms with Gasteiger partial charge < -0.3 is 10.2 Å². The van der Waals surface area contributed by atoms with Crippen LogP contribution in [0.2, 0.25) is 0 Å². The number of rotatable bonds is 5. The van der Waals surface area contributed by atoms with E-state index in [2.05, 4.69) is 10.3 Å². The molecule has 0 radical (unpaired) electrons. The predicted octanol–water partition coefficient (Wildman–Crippen LogP) is 1.22. The minimum absolute atomic E-state index is 0.176. The van der Waals surface area contributed by atoms with Crippen molar-refractivity contribution in [2.75, 3.05) is 26.0 Å². The van der Waals surface area contributed by atoms with E-state index in [0.717, 1.165) is 6.20 Å². The van der Waals surface area contributed by atoms with Crippen molar-refractivity contribution in [1.29, 1.82) is 5.26 Å². The number of anilines is 1. The normalized spacial score (nSPS) is 11.9. The first-order chi connectivity index (χ1) is 8.45. The summed E-state index contributed by atoms with van der Waals surface area (Å²) in [6.07, 6.45) is 1.14.